The highest BCUT2D eigenvalue weighted by molar-refractivity contribution is 5.41. The fourth-order valence-electron chi connectivity index (χ4n) is 1.76. The highest BCUT2D eigenvalue weighted by atomic mass is 16.5. The summed E-state index contributed by atoms with van der Waals surface area (Å²) in [6.07, 6.45) is 4.11. The summed E-state index contributed by atoms with van der Waals surface area (Å²) >= 11 is 0. The third kappa shape index (κ3) is 1.42. The van der Waals surface area contributed by atoms with Gasteiger partial charge in [-0.3, -0.25) is 0 Å². The van der Waals surface area contributed by atoms with Crippen LogP contribution < -0.4 is 4.74 Å². The second kappa shape index (κ2) is 3.46. The van der Waals surface area contributed by atoms with Crippen LogP contribution in [0, 0.1) is 0 Å². The molecule has 0 N–H and O–H groups in total. The van der Waals surface area contributed by atoms with Gasteiger partial charge < -0.3 is 9.47 Å². The van der Waals surface area contributed by atoms with Crippen molar-refractivity contribution in [2.75, 3.05) is 13.7 Å². The van der Waals surface area contributed by atoms with E-state index in [0.717, 1.165) is 11.3 Å². The molecular weight excluding hydrogens is 176 g/mol. The van der Waals surface area contributed by atoms with Crippen molar-refractivity contribution in [3.8, 4) is 5.75 Å². The first-order valence-electron chi connectivity index (χ1n) is 4.71. The van der Waals surface area contributed by atoms with Gasteiger partial charge in [-0.25, -0.2) is 0 Å². The first-order valence-corrected chi connectivity index (χ1v) is 4.71. The maximum absolute atomic E-state index is 5.68. The average molecular weight is 190 g/mol. The smallest absolute Gasteiger partial charge is 0.125 e. The van der Waals surface area contributed by atoms with Crippen molar-refractivity contribution >= 4 is 0 Å². The number of benzene rings is 1. The Hall–Kier alpha value is -1.28. The lowest BCUT2D eigenvalue weighted by molar-refractivity contribution is 0.0371. The van der Waals surface area contributed by atoms with E-state index in [-0.39, 0.29) is 5.60 Å². The fraction of sp³-hybridized carbons (Fsp3) is 0.333. The predicted molar refractivity (Wildman–Crippen MR) is 55.4 cm³/mol. The zero-order valence-corrected chi connectivity index (χ0v) is 8.49. The second-order valence-electron chi connectivity index (χ2n) is 3.52. The summed E-state index contributed by atoms with van der Waals surface area (Å²) < 4.78 is 11.0. The van der Waals surface area contributed by atoms with E-state index in [1.165, 1.54) is 0 Å². The monoisotopic (exact) mass is 190 g/mol. The van der Waals surface area contributed by atoms with Gasteiger partial charge in [-0.1, -0.05) is 30.4 Å². The van der Waals surface area contributed by atoms with E-state index in [4.69, 9.17) is 9.47 Å². The molecule has 1 aliphatic heterocycles. The van der Waals surface area contributed by atoms with Gasteiger partial charge in [0.15, 0.2) is 0 Å². The summed E-state index contributed by atoms with van der Waals surface area (Å²) in [4.78, 5) is 0. The molecule has 14 heavy (non-hydrogen) atoms. The van der Waals surface area contributed by atoms with Crippen molar-refractivity contribution in [2.45, 2.75) is 12.5 Å². The van der Waals surface area contributed by atoms with Crippen LogP contribution >= 0.6 is 0 Å². The third-order valence-electron chi connectivity index (χ3n) is 2.56. The van der Waals surface area contributed by atoms with Crippen molar-refractivity contribution < 1.29 is 9.47 Å². The molecule has 1 aromatic rings. The lowest BCUT2D eigenvalue weighted by Crippen LogP contribution is -2.20. The summed E-state index contributed by atoms with van der Waals surface area (Å²) in [5, 5.41) is 0. The number of rotatable bonds is 2. The minimum Gasteiger partial charge on any atom is -0.496 e. The number of ether oxygens (including phenoxy) is 2. The minimum atomic E-state index is -0.327. The molecule has 0 aliphatic carbocycles. The van der Waals surface area contributed by atoms with Crippen molar-refractivity contribution in [3.63, 3.8) is 0 Å². The van der Waals surface area contributed by atoms with Gasteiger partial charge in [-0.05, 0) is 13.0 Å². The SMILES string of the molecule is COc1ccccc1[C@@]1(C)C=CCO1. The summed E-state index contributed by atoms with van der Waals surface area (Å²) in [6, 6.07) is 7.95. The van der Waals surface area contributed by atoms with Crippen molar-refractivity contribution in [3.05, 3.63) is 42.0 Å². The van der Waals surface area contributed by atoms with Crippen LogP contribution in [0.4, 0.5) is 0 Å². The Morgan fingerprint density at radius 1 is 1.36 bits per heavy atom. The van der Waals surface area contributed by atoms with Gasteiger partial charge in [0.25, 0.3) is 0 Å². The molecule has 0 spiro atoms. The van der Waals surface area contributed by atoms with Crippen LogP contribution in [0.5, 0.6) is 5.75 Å². The van der Waals surface area contributed by atoms with Crippen LogP contribution in [0.15, 0.2) is 36.4 Å². The zero-order chi connectivity index (χ0) is 10.0. The minimum absolute atomic E-state index is 0.327. The molecule has 0 amide bonds. The lowest BCUT2D eigenvalue weighted by Gasteiger charge is -2.24. The van der Waals surface area contributed by atoms with Gasteiger partial charge in [-0.2, -0.15) is 0 Å². The first-order chi connectivity index (χ1) is 6.76. The van der Waals surface area contributed by atoms with Crippen molar-refractivity contribution in [1.82, 2.24) is 0 Å². The molecule has 0 aromatic heterocycles. The number of hydrogen-bond acceptors (Lipinski definition) is 2. The highest BCUT2D eigenvalue weighted by Crippen LogP contribution is 2.36. The number of para-hydroxylation sites is 1. The molecule has 0 unspecified atom stereocenters. The van der Waals surface area contributed by atoms with Crippen LogP contribution in [-0.4, -0.2) is 13.7 Å². The van der Waals surface area contributed by atoms with Crippen molar-refractivity contribution in [1.29, 1.82) is 0 Å². The Morgan fingerprint density at radius 2 is 2.14 bits per heavy atom. The third-order valence-corrected chi connectivity index (χ3v) is 2.56. The van der Waals surface area contributed by atoms with E-state index >= 15 is 0 Å². The quantitative estimate of drug-likeness (QED) is 0.667. The van der Waals surface area contributed by atoms with E-state index in [1.807, 2.05) is 37.3 Å². The Balaban J connectivity index is 2.44. The molecule has 2 heteroatoms. The molecule has 0 radical (unpaired) electrons. The summed E-state index contributed by atoms with van der Waals surface area (Å²) in [5.74, 6) is 0.876. The van der Waals surface area contributed by atoms with Crippen molar-refractivity contribution in [2.24, 2.45) is 0 Å². The predicted octanol–water partition coefficient (Wildman–Crippen LogP) is 2.50. The molecule has 0 fully saturated rings. The van der Waals surface area contributed by atoms with E-state index in [0.29, 0.717) is 6.61 Å². The van der Waals surface area contributed by atoms with E-state index < -0.39 is 0 Å². The topological polar surface area (TPSA) is 18.5 Å². The maximum Gasteiger partial charge on any atom is 0.125 e. The maximum atomic E-state index is 5.68. The highest BCUT2D eigenvalue weighted by Gasteiger charge is 2.29. The molecule has 0 saturated carbocycles. The normalized spacial score (nSPS) is 25.3. The molecule has 2 rings (SSSR count). The van der Waals surface area contributed by atoms with E-state index in [2.05, 4.69) is 6.08 Å². The van der Waals surface area contributed by atoms with Crippen LogP contribution in [-0.2, 0) is 10.3 Å². The molecule has 1 heterocycles. The van der Waals surface area contributed by atoms with Crippen LogP contribution in [0.3, 0.4) is 0 Å². The Morgan fingerprint density at radius 3 is 2.79 bits per heavy atom. The van der Waals surface area contributed by atoms with Gasteiger partial charge in [0.2, 0.25) is 0 Å². The average Bonchev–Trinajstić information content (AvgIpc) is 2.66. The number of hydrogen-bond donors (Lipinski definition) is 0. The van der Waals surface area contributed by atoms with Crippen LogP contribution in [0.2, 0.25) is 0 Å². The largest absolute Gasteiger partial charge is 0.496 e. The van der Waals surface area contributed by atoms with Crippen LogP contribution in [0.25, 0.3) is 0 Å². The van der Waals surface area contributed by atoms with Crippen LogP contribution in [0.1, 0.15) is 12.5 Å². The van der Waals surface area contributed by atoms with Gasteiger partial charge in [0.1, 0.15) is 11.4 Å². The Kier molecular flexibility index (Phi) is 2.30. The van der Waals surface area contributed by atoms with Gasteiger partial charge in [0, 0.05) is 5.56 Å². The van der Waals surface area contributed by atoms with E-state index in [1.54, 1.807) is 7.11 Å². The molecule has 1 aromatic carbocycles. The van der Waals surface area contributed by atoms with Gasteiger partial charge in [0.05, 0.1) is 13.7 Å². The van der Waals surface area contributed by atoms with Gasteiger partial charge >= 0.3 is 0 Å². The number of methoxy groups -OCH3 is 1. The zero-order valence-electron chi connectivity index (χ0n) is 8.49. The molecule has 1 aliphatic rings. The molecule has 1 atom stereocenters. The first kappa shape index (κ1) is 9.28. The molecule has 0 saturated heterocycles. The molecule has 2 nitrogen and oxygen atoms in total. The fourth-order valence-corrected chi connectivity index (χ4v) is 1.76. The molecular formula is C12H14O2. The Labute approximate surface area is 84.2 Å². The summed E-state index contributed by atoms with van der Waals surface area (Å²) in [6.45, 7) is 2.73. The summed E-state index contributed by atoms with van der Waals surface area (Å²) in [7, 11) is 1.68. The summed E-state index contributed by atoms with van der Waals surface area (Å²) in [5.41, 5.74) is 0.753. The second-order valence-corrected chi connectivity index (χ2v) is 3.52. The Bertz CT molecular complexity index is 357. The van der Waals surface area contributed by atoms with E-state index in [9.17, 15) is 0 Å². The molecule has 0 bridgehead atoms. The lowest BCUT2D eigenvalue weighted by atomic mass is 9.95. The standard InChI is InChI=1S/C12H14O2/c1-12(8-5-9-14-12)10-6-3-4-7-11(10)13-2/h3-8H,9H2,1-2H3/t12-/m1/s1. The van der Waals surface area contributed by atoms with Gasteiger partial charge in [-0.15, -0.1) is 0 Å². The molecule has 74 valence electrons.